The standard InChI is InChI=1S/C33H52N6O7S/c1-33(2,3)46-31(43)34-18-12-11-15-25(39(32(44)45)21-23-13-7-6-8-14-23)29(41)38(5)20-19-37(4)27(40)17-10-9-16-26-28-24(22-47-26)35-30(42)36-28/h6-8,13-14,24-26,28H,9-12,15-22H2,1-5H3,(H,34,43)(H,44,45)(H2,35,36,42)/t24-,25-,26-,28-/m0/s1. The van der Waals surface area contributed by atoms with Gasteiger partial charge in [0.05, 0.1) is 12.1 Å². The number of ether oxygens (including phenoxy) is 1. The summed E-state index contributed by atoms with van der Waals surface area (Å²) >= 11 is 1.86. The summed E-state index contributed by atoms with van der Waals surface area (Å²) in [7, 11) is 3.34. The van der Waals surface area contributed by atoms with Crippen molar-refractivity contribution in [3.63, 3.8) is 0 Å². The molecule has 4 atom stereocenters. The summed E-state index contributed by atoms with van der Waals surface area (Å²) in [6.07, 6.45) is 2.54. The molecule has 2 fully saturated rings. The summed E-state index contributed by atoms with van der Waals surface area (Å²) in [4.78, 5) is 66.8. The Bertz CT molecular complexity index is 1210. The Hall–Kier alpha value is -3.68. The van der Waals surface area contributed by atoms with Gasteiger partial charge in [0.1, 0.15) is 11.6 Å². The van der Waals surface area contributed by atoms with E-state index in [2.05, 4.69) is 16.0 Å². The third-order valence-electron chi connectivity index (χ3n) is 8.32. The molecule has 0 aliphatic carbocycles. The Morgan fingerprint density at radius 2 is 1.72 bits per heavy atom. The van der Waals surface area contributed by atoms with Crippen LogP contribution in [0, 0.1) is 0 Å². The Kier molecular flexibility index (Phi) is 14.5. The first-order chi connectivity index (χ1) is 22.2. The third-order valence-corrected chi connectivity index (χ3v) is 9.82. The number of likely N-dealkylation sites (N-methyl/N-ethyl adjacent to an activating group) is 2. The van der Waals surface area contributed by atoms with Crippen LogP contribution >= 0.6 is 11.8 Å². The lowest BCUT2D eigenvalue weighted by atomic mass is 10.0. The smallest absolute Gasteiger partial charge is 0.408 e. The molecular weight excluding hydrogens is 624 g/mol. The van der Waals surface area contributed by atoms with Crippen LogP contribution in [0.2, 0.25) is 0 Å². The molecule has 2 aliphatic rings. The number of rotatable bonds is 17. The van der Waals surface area contributed by atoms with Gasteiger partial charge in [-0.1, -0.05) is 36.8 Å². The number of alkyl carbamates (subject to hydrolysis) is 1. The highest BCUT2D eigenvalue weighted by Crippen LogP contribution is 2.33. The number of unbranched alkanes of at least 4 members (excludes halogenated alkanes) is 2. The average Bonchev–Trinajstić information content (AvgIpc) is 3.56. The van der Waals surface area contributed by atoms with E-state index < -0.39 is 23.8 Å². The molecule has 2 heterocycles. The van der Waals surface area contributed by atoms with Crippen molar-refractivity contribution in [2.24, 2.45) is 0 Å². The van der Waals surface area contributed by atoms with Gasteiger partial charge in [-0.05, 0) is 58.4 Å². The van der Waals surface area contributed by atoms with Crippen LogP contribution in [0.15, 0.2) is 30.3 Å². The molecule has 2 aliphatic heterocycles. The normalized spacial score (nSPS) is 19.2. The number of amides is 6. The third kappa shape index (κ3) is 12.5. The lowest BCUT2D eigenvalue weighted by molar-refractivity contribution is -0.137. The van der Waals surface area contributed by atoms with Gasteiger partial charge < -0.3 is 35.6 Å². The maximum Gasteiger partial charge on any atom is 0.408 e. The number of hydrogen-bond donors (Lipinski definition) is 4. The van der Waals surface area contributed by atoms with Gasteiger partial charge in [0.25, 0.3) is 0 Å². The van der Waals surface area contributed by atoms with Crippen LogP contribution in [-0.2, 0) is 20.9 Å². The average molecular weight is 677 g/mol. The van der Waals surface area contributed by atoms with Crippen molar-refractivity contribution in [1.29, 1.82) is 0 Å². The van der Waals surface area contributed by atoms with E-state index in [1.807, 2.05) is 42.1 Å². The van der Waals surface area contributed by atoms with Gasteiger partial charge in [0.15, 0.2) is 0 Å². The predicted octanol–water partition coefficient (Wildman–Crippen LogP) is 3.87. The van der Waals surface area contributed by atoms with E-state index in [9.17, 15) is 29.1 Å². The van der Waals surface area contributed by atoms with Crippen LogP contribution in [0.25, 0.3) is 0 Å². The van der Waals surface area contributed by atoms with E-state index in [1.165, 1.54) is 9.80 Å². The molecule has 1 aromatic carbocycles. The number of carboxylic acid groups (broad SMARTS) is 1. The van der Waals surface area contributed by atoms with E-state index >= 15 is 0 Å². The monoisotopic (exact) mass is 676 g/mol. The second kappa shape index (κ2) is 18.0. The molecular formula is C33H52N6O7S. The maximum absolute atomic E-state index is 13.7. The lowest BCUT2D eigenvalue weighted by Gasteiger charge is -2.32. The maximum atomic E-state index is 13.7. The zero-order valence-electron chi connectivity index (χ0n) is 28.3. The van der Waals surface area contributed by atoms with Gasteiger partial charge in [-0.3, -0.25) is 14.5 Å². The molecule has 14 heteroatoms. The van der Waals surface area contributed by atoms with Crippen LogP contribution < -0.4 is 16.0 Å². The number of thioether (sulfide) groups is 1. The van der Waals surface area contributed by atoms with Crippen molar-refractivity contribution in [3.8, 4) is 0 Å². The molecule has 0 radical (unpaired) electrons. The second-order valence-corrected chi connectivity index (χ2v) is 14.6. The minimum absolute atomic E-state index is 0.0103. The molecule has 6 amide bonds. The first-order valence-electron chi connectivity index (χ1n) is 16.4. The molecule has 0 unspecified atom stereocenters. The SMILES string of the molecule is CN(CCN(C)C(=O)[C@H](CCCCNC(=O)OC(C)(C)C)N(Cc1ccccc1)C(=O)O)C(=O)CCCC[C@@H]1SC[C@@H]2NC(=O)N[C@@H]21. The van der Waals surface area contributed by atoms with Gasteiger partial charge in [0.2, 0.25) is 11.8 Å². The molecule has 0 bridgehead atoms. The quantitative estimate of drug-likeness (QED) is 0.143. The van der Waals surface area contributed by atoms with Gasteiger partial charge in [-0.15, -0.1) is 0 Å². The Labute approximate surface area is 282 Å². The van der Waals surface area contributed by atoms with Crippen molar-refractivity contribution < 1.29 is 33.8 Å². The van der Waals surface area contributed by atoms with E-state index in [0.29, 0.717) is 37.6 Å². The van der Waals surface area contributed by atoms with Crippen LogP contribution in [0.5, 0.6) is 0 Å². The van der Waals surface area contributed by atoms with Crippen molar-refractivity contribution in [2.75, 3.05) is 39.5 Å². The van der Waals surface area contributed by atoms with Gasteiger partial charge in [-0.2, -0.15) is 11.8 Å². The summed E-state index contributed by atoms with van der Waals surface area (Å²) in [5.41, 5.74) is 0.153. The van der Waals surface area contributed by atoms with E-state index in [0.717, 1.165) is 30.6 Å². The van der Waals surface area contributed by atoms with E-state index in [-0.39, 0.29) is 49.4 Å². The lowest BCUT2D eigenvalue weighted by Crippen LogP contribution is -2.50. The molecule has 0 aromatic heterocycles. The van der Waals surface area contributed by atoms with Crippen molar-refractivity contribution in [3.05, 3.63) is 35.9 Å². The Morgan fingerprint density at radius 3 is 2.40 bits per heavy atom. The van der Waals surface area contributed by atoms with Crippen molar-refractivity contribution in [1.82, 2.24) is 30.7 Å². The summed E-state index contributed by atoms with van der Waals surface area (Å²) in [5.74, 6) is 0.555. The number of nitrogens with zero attached hydrogens (tertiary/aromatic N) is 3. The fourth-order valence-corrected chi connectivity index (χ4v) is 7.26. The number of carbonyl (C=O) groups is 5. The topological polar surface area (TPSA) is 161 Å². The van der Waals surface area contributed by atoms with Gasteiger partial charge in [-0.25, -0.2) is 14.4 Å². The number of nitrogens with one attached hydrogen (secondary N) is 3. The minimum Gasteiger partial charge on any atom is -0.465 e. The molecule has 0 spiro atoms. The fourth-order valence-electron chi connectivity index (χ4n) is 5.72. The molecule has 47 heavy (non-hydrogen) atoms. The highest BCUT2D eigenvalue weighted by Gasteiger charge is 2.42. The van der Waals surface area contributed by atoms with E-state index in [4.69, 9.17) is 4.74 Å². The second-order valence-electron chi connectivity index (χ2n) is 13.3. The highest BCUT2D eigenvalue weighted by molar-refractivity contribution is 8.00. The first-order valence-corrected chi connectivity index (χ1v) is 17.5. The fraction of sp³-hybridized carbons (Fsp3) is 0.667. The number of fused-ring (bicyclic) bond motifs is 1. The first kappa shape index (κ1) is 37.8. The summed E-state index contributed by atoms with van der Waals surface area (Å²) in [6.45, 7) is 6.30. The molecule has 262 valence electrons. The predicted molar refractivity (Wildman–Crippen MR) is 181 cm³/mol. The molecule has 4 N–H and O–H groups in total. The number of hydrogen-bond acceptors (Lipinski definition) is 7. The Morgan fingerprint density at radius 1 is 1.02 bits per heavy atom. The molecule has 1 aromatic rings. The Balaban J connectivity index is 1.49. The zero-order chi connectivity index (χ0) is 34.6. The summed E-state index contributed by atoms with van der Waals surface area (Å²) < 4.78 is 5.26. The van der Waals surface area contributed by atoms with Crippen molar-refractivity contribution in [2.45, 2.75) is 101 Å². The van der Waals surface area contributed by atoms with E-state index in [1.54, 1.807) is 39.8 Å². The van der Waals surface area contributed by atoms with Crippen LogP contribution in [0.4, 0.5) is 14.4 Å². The molecule has 3 rings (SSSR count). The number of urea groups is 1. The van der Waals surface area contributed by atoms with Crippen LogP contribution in [-0.4, -0.2) is 118 Å². The van der Waals surface area contributed by atoms with Gasteiger partial charge in [0, 0.05) is 57.7 Å². The molecule has 13 nitrogen and oxygen atoms in total. The van der Waals surface area contributed by atoms with Crippen molar-refractivity contribution >= 4 is 41.8 Å². The highest BCUT2D eigenvalue weighted by atomic mass is 32.2. The molecule has 2 saturated heterocycles. The van der Waals surface area contributed by atoms with Crippen LogP contribution in [0.3, 0.4) is 0 Å². The number of benzene rings is 1. The summed E-state index contributed by atoms with van der Waals surface area (Å²) in [5, 5.41) is 19.1. The molecule has 0 saturated carbocycles. The number of carbonyl (C=O) groups excluding carboxylic acids is 4. The summed E-state index contributed by atoms with van der Waals surface area (Å²) in [6, 6.07) is 8.43. The van der Waals surface area contributed by atoms with Crippen LogP contribution in [0.1, 0.15) is 71.3 Å². The minimum atomic E-state index is -1.20. The van der Waals surface area contributed by atoms with Gasteiger partial charge >= 0.3 is 18.2 Å². The zero-order valence-corrected chi connectivity index (χ0v) is 29.1. The largest absolute Gasteiger partial charge is 0.465 e.